The normalized spacial score (nSPS) is 10.8. The summed E-state index contributed by atoms with van der Waals surface area (Å²) in [5.74, 6) is -0.187. The van der Waals surface area contributed by atoms with Gasteiger partial charge in [-0.25, -0.2) is 0 Å². The maximum absolute atomic E-state index is 10.0. The molecule has 0 fully saturated rings. The first-order valence-electron chi connectivity index (χ1n) is 30.2. The monoisotopic (exact) mass is 1860 g/mol. The van der Waals surface area contributed by atoms with Gasteiger partial charge in [0.05, 0.1) is 17.3 Å². The number of allylic oxidation sites excluding steroid dienone is 6. The summed E-state index contributed by atoms with van der Waals surface area (Å²) in [5, 5.41) is 28.7. The second-order valence-electron chi connectivity index (χ2n) is 23.1. The number of aliphatic hydroxyl groups excluding tert-OH is 3. The van der Waals surface area contributed by atoms with Crippen LogP contribution in [0.15, 0.2) is 200 Å². The smallest absolute Gasteiger partial charge is 0.155 e. The molecular formula is C81H78Ir3N3O6S3-3. The standard InChI is InChI=1S/C23H20NS.C22H18NS.C21H16NS.3C5H8O2.3Ir/c1-14-8-15(2)10-18(9-14)20-12-21-19(13-24-20)11-22(25-21)23-16(3)6-5-7-17(23)4;1-14-4-6-17(7-5-14)21-11-19-13-23-20(12-22(19)24-21)18-9-15(2)8-16(3)10-18;1-14-8-15(2)10-17(9-14)19-12-21-18(13-22-19)11-20(23-21)16-6-4-3-5-7-16;3*1-4(6)3-5(2)7;;;/h5-9,11-13H,1-4H3;4-9,11-13H,1-3H3;3-9,11-13H,1-2H3;3*3,6H,1-2H3;;;/q3*-1;;;;;;. The third-order valence-electron chi connectivity index (χ3n) is 13.8. The summed E-state index contributed by atoms with van der Waals surface area (Å²) < 4.78 is 3.81. The van der Waals surface area contributed by atoms with E-state index in [2.05, 4.69) is 235 Å². The van der Waals surface area contributed by atoms with Crippen LogP contribution in [0.25, 0.3) is 95.4 Å². The first-order valence-corrected chi connectivity index (χ1v) is 32.7. The van der Waals surface area contributed by atoms with Crippen molar-refractivity contribution >= 4 is 81.6 Å². The van der Waals surface area contributed by atoms with Crippen molar-refractivity contribution in [2.45, 2.75) is 104 Å². The summed E-state index contributed by atoms with van der Waals surface area (Å²) in [6.45, 7) is 27.6. The van der Waals surface area contributed by atoms with Gasteiger partial charge in [0.1, 0.15) is 0 Å². The van der Waals surface area contributed by atoms with E-state index in [0.717, 1.165) is 50.5 Å². The molecule has 6 aromatic heterocycles. The molecule has 6 aromatic carbocycles. The first kappa shape index (κ1) is 80.7. The van der Waals surface area contributed by atoms with E-state index in [0.29, 0.717) is 0 Å². The molecule has 501 valence electrons. The number of benzene rings is 6. The molecule has 15 heteroatoms. The van der Waals surface area contributed by atoms with Gasteiger partial charge in [0.25, 0.3) is 0 Å². The van der Waals surface area contributed by atoms with E-state index in [9.17, 15) is 14.4 Å². The van der Waals surface area contributed by atoms with E-state index in [1.54, 1.807) is 0 Å². The summed E-state index contributed by atoms with van der Waals surface area (Å²) in [6.07, 6.45) is 9.44. The number of pyridine rings is 3. The molecule has 6 heterocycles. The Morgan fingerprint density at radius 1 is 0.365 bits per heavy atom. The summed E-state index contributed by atoms with van der Waals surface area (Å²) in [7, 11) is 0. The molecule has 3 N–H and O–H groups in total. The summed E-state index contributed by atoms with van der Waals surface area (Å²) in [4.78, 5) is 47.9. The number of nitrogens with zero attached hydrogens (tertiary/aromatic N) is 3. The van der Waals surface area contributed by atoms with Gasteiger partial charge in [0, 0.05) is 142 Å². The number of carbonyl (C=O) groups excluding carboxylic acids is 3. The van der Waals surface area contributed by atoms with Crippen molar-refractivity contribution in [3.05, 3.63) is 268 Å². The Morgan fingerprint density at radius 2 is 0.677 bits per heavy atom. The third kappa shape index (κ3) is 24.7. The van der Waals surface area contributed by atoms with Crippen LogP contribution in [0.5, 0.6) is 0 Å². The molecule has 0 aliphatic rings. The Bertz CT molecular complexity index is 4580. The van der Waals surface area contributed by atoms with E-state index < -0.39 is 0 Å². The van der Waals surface area contributed by atoms with E-state index in [-0.39, 0.29) is 94.9 Å². The van der Waals surface area contributed by atoms with Crippen molar-refractivity contribution < 1.29 is 90.0 Å². The number of thiophene rings is 3. The Balaban J connectivity index is 0.000000263. The molecule has 9 nitrogen and oxygen atoms in total. The average Bonchev–Trinajstić information content (AvgIpc) is 1.63. The SMILES string of the molecule is CC(=O)C=C(C)O.CC(=O)C=C(C)O.CC(=O)C=C(C)O.Cc1[c-]c(-c2cc3sc(-c4c(C)cccc4C)cc3cn2)cc(C)c1.Cc1[c-]c(-c2cc3sc(-c4ccc(C)cc4)cc3cn2)cc(C)c1.Cc1[c-]c(-c2cc3sc(-c4ccccc4)cc3cn2)cc(C)c1.[Ir].[Ir].[Ir]. The van der Waals surface area contributed by atoms with Crippen LogP contribution < -0.4 is 0 Å². The molecule has 0 amide bonds. The van der Waals surface area contributed by atoms with E-state index >= 15 is 0 Å². The van der Waals surface area contributed by atoms with Crippen LogP contribution in [0.4, 0.5) is 0 Å². The minimum atomic E-state index is -0.125. The number of aliphatic hydroxyl groups is 3. The van der Waals surface area contributed by atoms with Gasteiger partial charge < -0.3 is 30.3 Å². The van der Waals surface area contributed by atoms with Crippen LogP contribution in [0.3, 0.4) is 0 Å². The second kappa shape index (κ2) is 38.2. The van der Waals surface area contributed by atoms with Crippen molar-refractivity contribution in [3.63, 3.8) is 0 Å². The summed E-state index contributed by atoms with van der Waals surface area (Å²) >= 11 is 5.48. The molecule has 0 aliphatic carbocycles. The molecule has 12 aromatic rings. The molecule has 0 aliphatic heterocycles. The molecule has 12 rings (SSSR count). The van der Waals surface area contributed by atoms with E-state index in [4.69, 9.17) is 15.3 Å². The second-order valence-corrected chi connectivity index (χ2v) is 26.4. The molecule has 0 unspecified atom stereocenters. The molecule has 0 saturated carbocycles. The summed E-state index contributed by atoms with van der Waals surface area (Å²) in [5.41, 5.74) is 21.2. The predicted octanol–water partition coefficient (Wildman–Crippen LogP) is 22.2. The van der Waals surface area contributed by atoms with Crippen LogP contribution in [0, 0.1) is 80.5 Å². The van der Waals surface area contributed by atoms with Crippen molar-refractivity contribution in [1.82, 2.24) is 15.0 Å². The fraction of sp³-hybridized carbons (Fsp3) is 0.185. The van der Waals surface area contributed by atoms with Crippen molar-refractivity contribution in [2.75, 3.05) is 0 Å². The fourth-order valence-corrected chi connectivity index (χ4v) is 13.6. The number of rotatable bonds is 9. The van der Waals surface area contributed by atoms with Crippen LogP contribution in [-0.4, -0.2) is 47.6 Å². The third-order valence-corrected chi connectivity index (χ3v) is 17.2. The number of carbonyl (C=O) groups is 3. The zero-order valence-electron chi connectivity index (χ0n) is 56.5. The van der Waals surface area contributed by atoms with Crippen LogP contribution in [-0.2, 0) is 74.7 Å². The molecule has 0 bridgehead atoms. The van der Waals surface area contributed by atoms with Gasteiger partial charge in [-0.15, -0.1) is 139 Å². The first-order chi connectivity index (χ1) is 44.2. The Kier molecular flexibility index (Phi) is 32.1. The molecule has 0 saturated heterocycles. The Morgan fingerprint density at radius 3 is 0.979 bits per heavy atom. The van der Waals surface area contributed by atoms with Gasteiger partial charge in [-0.05, 0) is 125 Å². The molecule has 3 radical (unpaired) electrons. The minimum Gasteiger partial charge on any atom is -0.512 e. The molecule has 0 atom stereocenters. The zero-order valence-corrected chi connectivity index (χ0v) is 66.1. The van der Waals surface area contributed by atoms with Crippen LogP contribution >= 0.6 is 34.0 Å². The Labute approximate surface area is 618 Å². The van der Waals surface area contributed by atoms with Gasteiger partial charge in [0.2, 0.25) is 0 Å². The molecule has 96 heavy (non-hydrogen) atoms. The van der Waals surface area contributed by atoms with E-state index in [1.165, 1.54) is 155 Å². The minimum absolute atomic E-state index is 0. The molecular weight excluding hydrogens is 1780 g/mol. The quantitative estimate of drug-likeness (QED) is 0.0729. The fourth-order valence-electron chi connectivity index (χ4n) is 10.2. The topological polar surface area (TPSA) is 151 Å². The number of aryl methyl sites for hydroxylation is 9. The van der Waals surface area contributed by atoms with Crippen molar-refractivity contribution in [2.24, 2.45) is 0 Å². The predicted molar refractivity (Wildman–Crippen MR) is 392 cm³/mol. The number of aromatic nitrogens is 3. The summed E-state index contributed by atoms with van der Waals surface area (Å²) in [6, 6.07) is 62.1. The number of hydrogen-bond acceptors (Lipinski definition) is 12. The average molecular weight is 1860 g/mol. The number of fused-ring (bicyclic) bond motifs is 3. The maximum Gasteiger partial charge on any atom is 0.155 e. The Hall–Kier alpha value is -7.77. The van der Waals surface area contributed by atoms with Crippen molar-refractivity contribution in [3.8, 4) is 65.1 Å². The molecule has 0 spiro atoms. The largest absolute Gasteiger partial charge is 0.512 e. The number of hydrogen-bond donors (Lipinski definition) is 3. The zero-order chi connectivity index (χ0) is 67.6. The van der Waals surface area contributed by atoms with Crippen molar-refractivity contribution in [1.29, 1.82) is 0 Å². The van der Waals surface area contributed by atoms with Gasteiger partial charge >= 0.3 is 0 Å². The van der Waals surface area contributed by atoms with E-state index in [1.807, 2.05) is 58.7 Å². The van der Waals surface area contributed by atoms with Crippen LogP contribution in [0.2, 0.25) is 0 Å². The number of ketones is 3. The van der Waals surface area contributed by atoms with Crippen LogP contribution in [0.1, 0.15) is 91.6 Å². The van der Waals surface area contributed by atoms with Gasteiger partial charge in [-0.3, -0.25) is 14.4 Å². The van der Waals surface area contributed by atoms with Gasteiger partial charge in [-0.2, -0.15) is 0 Å². The van der Waals surface area contributed by atoms with Gasteiger partial charge in [0.15, 0.2) is 17.3 Å². The maximum atomic E-state index is 10.0. The van der Waals surface area contributed by atoms with Gasteiger partial charge in [-0.1, -0.05) is 138 Å².